The number of nitro groups is 1. The Kier molecular flexibility index (Phi) is 4.16. The molecule has 0 fully saturated rings. The Hall–Kier alpha value is -0.806. The van der Waals surface area contributed by atoms with Gasteiger partial charge in [0, 0.05) is 32.7 Å². The van der Waals surface area contributed by atoms with Crippen LogP contribution in [0.5, 0.6) is 11.5 Å². The third-order valence-electron chi connectivity index (χ3n) is 1.33. The topological polar surface area (TPSA) is 83.6 Å². The first-order valence-corrected chi connectivity index (χ1v) is 3.04. The molecule has 67 valence electrons. The van der Waals surface area contributed by atoms with Crippen LogP contribution in [0.2, 0.25) is 0 Å². The second kappa shape index (κ2) is 4.44. The molecule has 1 aromatic carbocycles. The maximum atomic E-state index is 10.2. The largest absolute Gasteiger partial charge is 0.517 e. The Balaban J connectivity index is 0.00000144. The summed E-state index contributed by atoms with van der Waals surface area (Å²) in [6.07, 6.45) is 0. The molecule has 0 spiro atoms. The van der Waals surface area contributed by atoms with E-state index in [9.17, 15) is 10.1 Å². The fourth-order valence-corrected chi connectivity index (χ4v) is 0.800. The van der Waals surface area contributed by atoms with E-state index in [1.165, 1.54) is 0 Å². The van der Waals surface area contributed by atoms with Crippen LogP contribution < -0.4 is 0 Å². The molecule has 1 radical (unpaired) electrons. The van der Waals surface area contributed by atoms with Crippen LogP contribution in [0.3, 0.4) is 0 Å². The van der Waals surface area contributed by atoms with Gasteiger partial charge in [0.1, 0.15) is 5.75 Å². The van der Waals surface area contributed by atoms with Gasteiger partial charge in [-0.2, -0.15) is 12.5 Å². The van der Waals surface area contributed by atoms with E-state index in [4.69, 9.17) is 10.2 Å². The monoisotopic (exact) mass is 257 g/mol. The molecule has 5 nitrogen and oxygen atoms in total. The number of phenols is 2. The van der Waals surface area contributed by atoms with Crippen molar-refractivity contribution in [3.8, 4) is 11.5 Å². The number of phenolic OH excluding ortho intramolecular Hbond substituents is 2. The predicted molar refractivity (Wildman–Crippen MR) is 40.9 cm³/mol. The SMILES string of the molecule is [CH2-]c1cc(O)c(O)c([N+](=O)[O-])c1.[Y]. The molecule has 0 aromatic heterocycles. The first-order chi connectivity index (χ1) is 5.52. The van der Waals surface area contributed by atoms with E-state index in [2.05, 4.69) is 6.92 Å². The van der Waals surface area contributed by atoms with Crippen molar-refractivity contribution in [3.63, 3.8) is 0 Å². The zero-order chi connectivity index (χ0) is 9.30. The number of rotatable bonds is 1. The zero-order valence-corrected chi connectivity index (χ0v) is 9.44. The molecule has 6 heteroatoms. The summed E-state index contributed by atoms with van der Waals surface area (Å²) < 4.78 is 0. The van der Waals surface area contributed by atoms with Crippen LogP contribution >= 0.6 is 0 Å². The van der Waals surface area contributed by atoms with Gasteiger partial charge in [-0.3, -0.25) is 10.1 Å². The van der Waals surface area contributed by atoms with E-state index in [1.807, 2.05) is 0 Å². The molecule has 2 N–H and O–H groups in total. The van der Waals surface area contributed by atoms with Crippen molar-refractivity contribution in [2.45, 2.75) is 0 Å². The van der Waals surface area contributed by atoms with Crippen molar-refractivity contribution in [3.05, 3.63) is 34.7 Å². The summed E-state index contributed by atoms with van der Waals surface area (Å²) in [7, 11) is 0. The molecule has 0 atom stereocenters. The summed E-state index contributed by atoms with van der Waals surface area (Å²) in [5, 5.41) is 28.1. The zero-order valence-electron chi connectivity index (χ0n) is 6.60. The van der Waals surface area contributed by atoms with Gasteiger partial charge in [-0.05, 0) is 0 Å². The van der Waals surface area contributed by atoms with E-state index in [0.29, 0.717) is 0 Å². The summed E-state index contributed by atoms with van der Waals surface area (Å²) in [4.78, 5) is 9.44. The molecule has 1 rings (SSSR count). The number of hydrogen-bond donors (Lipinski definition) is 2. The maximum absolute atomic E-state index is 10.2. The Morgan fingerprint density at radius 3 is 2.38 bits per heavy atom. The Morgan fingerprint density at radius 2 is 1.92 bits per heavy atom. The van der Waals surface area contributed by atoms with Crippen LogP contribution in [0.15, 0.2) is 12.1 Å². The van der Waals surface area contributed by atoms with Crippen LogP contribution in [0.4, 0.5) is 5.69 Å². The van der Waals surface area contributed by atoms with Gasteiger partial charge in [-0.1, -0.05) is 6.07 Å². The van der Waals surface area contributed by atoms with E-state index < -0.39 is 22.1 Å². The minimum absolute atomic E-state index is 0. The number of nitrogens with zero attached hydrogens (tertiary/aromatic N) is 1. The van der Waals surface area contributed by atoms with Crippen LogP contribution in [0.1, 0.15) is 5.56 Å². The van der Waals surface area contributed by atoms with Crippen molar-refractivity contribution >= 4 is 5.69 Å². The molecule has 0 saturated heterocycles. The molecule has 0 heterocycles. The minimum atomic E-state index is -0.788. The van der Waals surface area contributed by atoms with E-state index in [-0.39, 0.29) is 38.3 Å². The van der Waals surface area contributed by atoms with E-state index in [0.717, 1.165) is 12.1 Å². The third-order valence-corrected chi connectivity index (χ3v) is 1.33. The molecule has 0 aliphatic carbocycles. The van der Waals surface area contributed by atoms with Gasteiger partial charge in [0.25, 0.3) is 5.69 Å². The number of nitro benzene ring substituents is 1. The third kappa shape index (κ3) is 2.57. The van der Waals surface area contributed by atoms with Gasteiger partial charge in [-0.15, -0.1) is 6.07 Å². The summed E-state index contributed by atoms with van der Waals surface area (Å²) in [6, 6.07) is 2.22. The smallest absolute Gasteiger partial charge is 0.262 e. The van der Waals surface area contributed by atoms with Crippen LogP contribution in [0, 0.1) is 17.0 Å². The van der Waals surface area contributed by atoms with Crippen LogP contribution in [-0.2, 0) is 32.7 Å². The Morgan fingerprint density at radius 1 is 1.38 bits per heavy atom. The normalized spacial score (nSPS) is 8.92. The number of hydrogen-bond acceptors (Lipinski definition) is 4. The first-order valence-electron chi connectivity index (χ1n) is 3.04. The Labute approximate surface area is 99.4 Å². The quantitative estimate of drug-likeness (QED) is 0.342. The second-order valence-corrected chi connectivity index (χ2v) is 2.24. The van der Waals surface area contributed by atoms with Gasteiger partial charge < -0.3 is 10.2 Å². The van der Waals surface area contributed by atoms with E-state index in [1.54, 1.807) is 0 Å². The van der Waals surface area contributed by atoms with Crippen molar-refractivity contribution in [1.29, 1.82) is 0 Å². The fraction of sp³-hybridized carbons (Fsp3) is 0. The molecule has 1 aromatic rings. The van der Waals surface area contributed by atoms with Crippen molar-refractivity contribution in [2.24, 2.45) is 0 Å². The van der Waals surface area contributed by atoms with Crippen molar-refractivity contribution in [2.75, 3.05) is 0 Å². The predicted octanol–water partition coefficient (Wildman–Crippen LogP) is 1.19. The maximum Gasteiger partial charge on any atom is 0.262 e. The molecule has 0 unspecified atom stereocenters. The molecule has 0 bridgehead atoms. The number of aromatic hydroxyl groups is 2. The van der Waals surface area contributed by atoms with Gasteiger partial charge in [0.15, 0.2) is 0 Å². The van der Waals surface area contributed by atoms with Crippen LogP contribution in [0.25, 0.3) is 0 Å². The molecule has 0 saturated carbocycles. The molecular formula is C7H6NO4Y-. The summed E-state index contributed by atoms with van der Waals surface area (Å²) in [5.74, 6) is -1.26. The average Bonchev–Trinajstić information content (AvgIpc) is 1.96. The molecule has 0 amide bonds. The van der Waals surface area contributed by atoms with E-state index >= 15 is 0 Å². The van der Waals surface area contributed by atoms with Gasteiger partial charge in [0.05, 0.1) is 4.92 Å². The average molecular weight is 257 g/mol. The van der Waals surface area contributed by atoms with Gasteiger partial charge in [0.2, 0.25) is 5.75 Å². The molecule has 0 aliphatic heterocycles. The summed E-state index contributed by atoms with van der Waals surface area (Å²) in [6.45, 7) is 3.39. The standard InChI is InChI=1S/C7H6NO4.Y/c1-4-2-5(8(11)12)7(10)6(9)3-4;/h2-3,9-10H,1H2;/q-1;. The number of benzene rings is 1. The second-order valence-electron chi connectivity index (χ2n) is 2.24. The fourth-order valence-electron chi connectivity index (χ4n) is 0.800. The first kappa shape index (κ1) is 12.2. The van der Waals surface area contributed by atoms with Crippen LogP contribution in [-0.4, -0.2) is 15.1 Å². The molecule has 13 heavy (non-hydrogen) atoms. The van der Waals surface area contributed by atoms with Gasteiger partial charge in [-0.25, -0.2) is 0 Å². The van der Waals surface area contributed by atoms with Gasteiger partial charge >= 0.3 is 0 Å². The minimum Gasteiger partial charge on any atom is -0.517 e. The van der Waals surface area contributed by atoms with Crippen molar-refractivity contribution in [1.82, 2.24) is 0 Å². The van der Waals surface area contributed by atoms with Crippen molar-refractivity contribution < 1.29 is 47.8 Å². The summed E-state index contributed by atoms with van der Waals surface area (Å²) >= 11 is 0. The molecule has 0 aliphatic rings. The Bertz CT molecular complexity index is 340. The molecular weight excluding hydrogens is 251 g/mol. The summed E-state index contributed by atoms with van der Waals surface area (Å²) in [5.41, 5.74) is -0.267.